The maximum absolute atomic E-state index is 13.2. The largest absolute Gasteiger partial charge is 0.348 e. The number of hydrogen-bond acceptors (Lipinski definition) is 2. The van der Waals surface area contributed by atoms with Gasteiger partial charge in [-0.2, -0.15) is 0 Å². The molecule has 2 atom stereocenters. The van der Waals surface area contributed by atoms with Crippen molar-refractivity contribution in [2.24, 2.45) is 5.73 Å². The highest BCUT2D eigenvalue weighted by molar-refractivity contribution is 5.82. The lowest BCUT2D eigenvalue weighted by atomic mass is 10.0. The van der Waals surface area contributed by atoms with E-state index >= 15 is 0 Å². The zero-order valence-electron chi connectivity index (χ0n) is 11.9. The molecule has 0 bridgehead atoms. The number of amides is 1. The Bertz CT molecular complexity index is 601. The Morgan fingerprint density at radius 2 is 1.90 bits per heavy atom. The van der Waals surface area contributed by atoms with Gasteiger partial charge >= 0.3 is 0 Å². The molecule has 0 saturated heterocycles. The summed E-state index contributed by atoms with van der Waals surface area (Å²) in [5, 5.41) is 2.81. The van der Waals surface area contributed by atoms with Crippen molar-refractivity contribution in [2.75, 3.05) is 0 Å². The SMILES string of the molecule is C[C@H](NC(=O)C(N)Cc1ccccc1)c1cccc(F)c1. The fourth-order valence-electron chi connectivity index (χ4n) is 2.14. The molecule has 3 N–H and O–H groups in total. The van der Waals surface area contributed by atoms with Crippen molar-refractivity contribution in [1.29, 1.82) is 0 Å². The molecule has 0 aliphatic heterocycles. The fraction of sp³-hybridized carbons (Fsp3) is 0.235. The molecule has 0 fully saturated rings. The Labute approximate surface area is 124 Å². The average Bonchev–Trinajstić information content (AvgIpc) is 2.48. The summed E-state index contributed by atoms with van der Waals surface area (Å²) in [4.78, 5) is 12.1. The molecule has 2 aromatic carbocycles. The van der Waals surface area contributed by atoms with Crippen LogP contribution in [-0.4, -0.2) is 11.9 Å². The van der Waals surface area contributed by atoms with Crippen LogP contribution < -0.4 is 11.1 Å². The highest BCUT2D eigenvalue weighted by Crippen LogP contribution is 2.13. The quantitative estimate of drug-likeness (QED) is 0.887. The summed E-state index contributed by atoms with van der Waals surface area (Å²) in [5.74, 6) is -0.558. The Kier molecular flexibility index (Phi) is 5.06. The van der Waals surface area contributed by atoms with Crippen molar-refractivity contribution in [1.82, 2.24) is 5.32 Å². The smallest absolute Gasteiger partial charge is 0.237 e. The molecule has 21 heavy (non-hydrogen) atoms. The van der Waals surface area contributed by atoms with Gasteiger partial charge in [0.25, 0.3) is 0 Å². The Morgan fingerprint density at radius 3 is 2.57 bits per heavy atom. The van der Waals surface area contributed by atoms with Crippen LogP contribution in [-0.2, 0) is 11.2 Å². The third-order valence-corrected chi connectivity index (χ3v) is 3.34. The van der Waals surface area contributed by atoms with E-state index in [0.717, 1.165) is 11.1 Å². The molecule has 2 aromatic rings. The predicted molar refractivity (Wildman–Crippen MR) is 81.1 cm³/mol. The Balaban J connectivity index is 1.94. The summed E-state index contributed by atoms with van der Waals surface area (Å²) >= 11 is 0. The summed E-state index contributed by atoms with van der Waals surface area (Å²) in [6, 6.07) is 14.9. The number of carbonyl (C=O) groups excluding carboxylic acids is 1. The predicted octanol–water partition coefficient (Wildman–Crippen LogP) is 2.57. The summed E-state index contributed by atoms with van der Waals surface area (Å²) in [5.41, 5.74) is 7.65. The average molecular weight is 286 g/mol. The van der Waals surface area contributed by atoms with Crippen molar-refractivity contribution in [3.8, 4) is 0 Å². The summed E-state index contributed by atoms with van der Waals surface area (Å²) < 4.78 is 13.2. The van der Waals surface area contributed by atoms with Crippen LogP contribution in [0.25, 0.3) is 0 Å². The maximum atomic E-state index is 13.2. The summed E-state index contributed by atoms with van der Waals surface area (Å²) in [6.07, 6.45) is 0.475. The molecule has 1 amide bonds. The van der Waals surface area contributed by atoms with Gasteiger partial charge < -0.3 is 11.1 Å². The number of hydrogen-bond donors (Lipinski definition) is 2. The van der Waals surface area contributed by atoms with E-state index in [9.17, 15) is 9.18 Å². The Hall–Kier alpha value is -2.20. The highest BCUT2D eigenvalue weighted by atomic mass is 19.1. The molecule has 0 spiro atoms. The van der Waals surface area contributed by atoms with Gasteiger partial charge in [0, 0.05) is 0 Å². The molecule has 110 valence electrons. The van der Waals surface area contributed by atoms with Crippen LogP contribution in [0.5, 0.6) is 0 Å². The van der Waals surface area contributed by atoms with Crippen molar-refractivity contribution < 1.29 is 9.18 Å². The van der Waals surface area contributed by atoms with Gasteiger partial charge in [-0.25, -0.2) is 4.39 Å². The van der Waals surface area contributed by atoms with Crippen molar-refractivity contribution in [2.45, 2.75) is 25.4 Å². The number of benzene rings is 2. The minimum Gasteiger partial charge on any atom is -0.348 e. The number of rotatable bonds is 5. The second-order valence-corrected chi connectivity index (χ2v) is 5.08. The molecule has 0 radical (unpaired) electrons. The zero-order chi connectivity index (χ0) is 15.2. The first-order chi connectivity index (χ1) is 10.1. The van der Waals surface area contributed by atoms with Crippen LogP contribution in [0.15, 0.2) is 54.6 Å². The van der Waals surface area contributed by atoms with E-state index in [0.29, 0.717) is 6.42 Å². The molecule has 2 rings (SSSR count). The molecule has 0 aliphatic carbocycles. The van der Waals surface area contributed by atoms with E-state index in [1.807, 2.05) is 37.3 Å². The van der Waals surface area contributed by atoms with E-state index in [1.165, 1.54) is 12.1 Å². The van der Waals surface area contributed by atoms with Gasteiger partial charge in [-0.05, 0) is 36.6 Å². The van der Waals surface area contributed by atoms with Gasteiger partial charge in [-0.1, -0.05) is 42.5 Å². The standard InChI is InChI=1S/C17H19FN2O/c1-12(14-8-5-9-15(18)11-14)20-17(21)16(19)10-13-6-3-2-4-7-13/h2-9,11-12,16H,10,19H2,1H3,(H,20,21)/t12-,16?/m0/s1. The van der Waals surface area contributed by atoms with Crippen LogP contribution in [0.1, 0.15) is 24.1 Å². The fourth-order valence-corrected chi connectivity index (χ4v) is 2.14. The van der Waals surface area contributed by atoms with E-state index in [2.05, 4.69) is 5.32 Å². The minimum atomic E-state index is -0.622. The first-order valence-corrected chi connectivity index (χ1v) is 6.91. The van der Waals surface area contributed by atoms with Crippen molar-refractivity contribution in [3.05, 3.63) is 71.5 Å². The van der Waals surface area contributed by atoms with Crippen molar-refractivity contribution in [3.63, 3.8) is 0 Å². The molecule has 1 unspecified atom stereocenters. The molecule has 0 aliphatic rings. The van der Waals surface area contributed by atoms with Gasteiger partial charge in [0.05, 0.1) is 12.1 Å². The lowest BCUT2D eigenvalue weighted by molar-refractivity contribution is -0.123. The third-order valence-electron chi connectivity index (χ3n) is 3.34. The lowest BCUT2D eigenvalue weighted by Gasteiger charge is -2.18. The monoisotopic (exact) mass is 286 g/mol. The molecule has 3 nitrogen and oxygen atoms in total. The number of nitrogens with two attached hydrogens (primary N) is 1. The maximum Gasteiger partial charge on any atom is 0.237 e. The van der Waals surface area contributed by atoms with Crippen LogP contribution in [0.3, 0.4) is 0 Å². The first kappa shape index (κ1) is 15.2. The van der Waals surface area contributed by atoms with Crippen LogP contribution in [0, 0.1) is 5.82 Å². The van der Waals surface area contributed by atoms with Gasteiger partial charge in [0.15, 0.2) is 0 Å². The van der Waals surface area contributed by atoms with Gasteiger partial charge in [0.2, 0.25) is 5.91 Å². The normalized spacial score (nSPS) is 13.5. The number of nitrogens with one attached hydrogen (secondary N) is 1. The van der Waals surface area contributed by atoms with E-state index in [-0.39, 0.29) is 17.8 Å². The van der Waals surface area contributed by atoms with E-state index in [1.54, 1.807) is 12.1 Å². The van der Waals surface area contributed by atoms with Gasteiger partial charge in [0.1, 0.15) is 5.82 Å². The summed E-state index contributed by atoms with van der Waals surface area (Å²) in [7, 11) is 0. The van der Waals surface area contributed by atoms with E-state index in [4.69, 9.17) is 5.73 Å². The zero-order valence-corrected chi connectivity index (χ0v) is 11.9. The van der Waals surface area contributed by atoms with Gasteiger partial charge in [-0.3, -0.25) is 4.79 Å². The molecule has 4 heteroatoms. The first-order valence-electron chi connectivity index (χ1n) is 6.91. The topological polar surface area (TPSA) is 55.1 Å². The highest BCUT2D eigenvalue weighted by Gasteiger charge is 2.17. The number of carbonyl (C=O) groups is 1. The second-order valence-electron chi connectivity index (χ2n) is 5.08. The van der Waals surface area contributed by atoms with Gasteiger partial charge in [-0.15, -0.1) is 0 Å². The van der Waals surface area contributed by atoms with E-state index < -0.39 is 6.04 Å². The third kappa shape index (κ3) is 4.39. The van der Waals surface area contributed by atoms with Crippen LogP contribution in [0.4, 0.5) is 4.39 Å². The molecular weight excluding hydrogens is 267 g/mol. The van der Waals surface area contributed by atoms with Crippen LogP contribution in [0.2, 0.25) is 0 Å². The Morgan fingerprint density at radius 1 is 1.19 bits per heavy atom. The van der Waals surface area contributed by atoms with Crippen LogP contribution >= 0.6 is 0 Å². The molecule has 0 heterocycles. The molecule has 0 aromatic heterocycles. The molecule has 0 saturated carbocycles. The van der Waals surface area contributed by atoms with Crippen molar-refractivity contribution >= 4 is 5.91 Å². The number of halogens is 1. The summed E-state index contributed by atoms with van der Waals surface area (Å²) in [6.45, 7) is 1.81. The minimum absolute atomic E-state index is 0.240. The molecular formula is C17H19FN2O. The lowest BCUT2D eigenvalue weighted by Crippen LogP contribution is -2.42. The second kappa shape index (κ2) is 6.99.